The van der Waals surface area contributed by atoms with Crippen molar-refractivity contribution in [2.45, 2.75) is 25.8 Å². The van der Waals surface area contributed by atoms with Gasteiger partial charge in [-0.15, -0.1) is 0 Å². The predicted octanol–water partition coefficient (Wildman–Crippen LogP) is 3.04. The van der Waals surface area contributed by atoms with Crippen molar-refractivity contribution < 1.29 is 19.1 Å². The van der Waals surface area contributed by atoms with Crippen LogP contribution in [-0.2, 0) is 4.74 Å². The lowest BCUT2D eigenvalue weighted by Gasteiger charge is -2.31. The zero-order valence-electron chi connectivity index (χ0n) is 17.3. The second kappa shape index (κ2) is 10.6. The van der Waals surface area contributed by atoms with Crippen LogP contribution in [0.2, 0.25) is 0 Å². The Balaban J connectivity index is 1.39. The van der Waals surface area contributed by atoms with E-state index in [1.807, 2.05) is 43.3 Å². The van der Waals surface area contributed by atoms with Crippen molar-refractivity contribution in [1.29, 1.82) is 0 Å². The number of piperidine rings is 1. The zero-order valence-corrected chi connectivity index (χ0v) is 17.3. The third-order valence-corrected chi connectivity index (χ3v) is 5.16. The maximum atomic E-state index is 11.7. The highest BCUT2D eigenvalue weighted by Crippen LogP contribution is 2.23. The van der Waals surface area contributed by atoms with Crippen LogP contribution in [0.15, 0.2) is 48.5 Å². The number of hydrogen-bond acceptors (Lipinski definition) is 5. The summed E-state index contributed by atoms with van der Waals surface area (Å²) in [5.41, 5.74) is 7.78. The van der Waals surface area contributed by atoms with Gasteiger partial charge in [0.2, 0.25) is 5.91 Å². The van der Waals surface area contributed by atoms with E-state index in [9.17, 15) is 9.59 Å². The lowest BCUT2D eigenvalue weighted by atomic mass is 10.0. The first-order valence-electron chi connectivity index (χ1n) is 10.3. The summed E-state index contributed by atoms with van der Waals surface area (Å²) in [7, 11) is 0. The SMILES string of the molecule is CCOC(=O)N1CCC(NCCOc2ccc(-c3cccc(C(N)=O)c3)cc2)CC1. The topological polar surface area (TPSA) is 93.9 Å². The molecule has 3 N–H and O–H groups in total. The van der Waals surface area contributed by atoms with Gasteiger partial charge in [-0.25, -0.2) is 4.79 Å². The Morgan fingerprint density at radius 2 is 1.83 bits per heavy atom. The standard InChI is InChI=1S/C23H29N3O4/c1-2-29-23(28)26-13-10-20(11-14-26)25-12-15-30-21-8-6-17(7-9-21)18-4-3-5-19(16-18)22(24)27/h3-9,16,20,25H,2,10-15H2,1H3,(H2,24,27). The fourth-order valence-electron chi connectivity index (χ4n) is 3.51. The predicted molar refractivity (Wildman–Crippen MR) is 116 cm³/mol. The van der Waals surface area contributed by atoms with Crippen LogP contribution in [-0.4, -0.2) is 55.8 Å². The number of benzene rings is 2. The number of likely N-dealkylation sites (tertiary alicyclic amines) is 1. The molecule has 2 aromatic rings. The molecule has 1 saturated heterocycles. The molecule has 0 bridgehead atoms. The van der Waals surface area contributed by atoms with E-state index in [0.717, 1.165) is 49.4 Å². The van der Waals surface area contributed by atoms with Gasteiger partial charge < -0.3 is 25.4 Å². The van der Waals surface area contributed by atoms with E-state index in [0.29, 0.717) is 24.8 Å². The Morgan fingerprint density at radius 1 is 1.10 bits per heavy atom. The molecule has 0 aromatic heterocycles. The minimum absolute atomic E-state index is 0.218. The molecule has 0 aliphatic carbocycles. The first-order chi connectivity index (χ1) is 14.6. The third-order valence-electron chi connectivity index (χ3n) is 5.16. The molecule has 0 radical (unpaired) electrons. The average molecular weight is 412 g/mol. The van der Waals surface area contributed by atoms with E-state index in [1.165, 1.54) is 0 Å². The lowest BCUT2D eigenvalue weighted by molar-refractivity contribution is 0.0946. The van der Waals surface area contributed by atoms with Crippen molar-refractivity contribution in [3.05, 3.63) is 54.1 Å². The highest BCUT2D eigenvalue weighted by atomic mass is 16.6. The second-order valence-corrected chi connectivity index (χ2v) is 7.23. The molecule has 160 valence electrons. The third kappa shape index (κ3) is 5.97. The first-order valence-corrected chi connectivity index (χ1v) is 10.3. The van der Waals surface area contributed by atoms with Gasteiger partial charge in [0.05, 0.1) is 6.61 Å². The molecule has 0 unspecified atom stereocenters. The number of hydrogen-bond donors (Lipinski definition) is 2. The number of ether oxygens (including phenoxy) is 2. The average Bonchev–Trinajstić information content (AvgIpc) is 2.78. The van der Waals surface area contributed by atoms with Gasteiger partial charge in [-0.05, 0) is 55.2 Å². The molecule has 2 aromatic carbocycles. The zero-order chi connectivity index (χ0) is 21.3. The Kier molecular flexibility index (Phi) is 7.68. The molecule has 30 heavy (non-hydrogen) atoms. The van der Waals surface area contributed by atoms with Crippen molar-refractivity contribution in [3.63, 3.8) is 0 Å². The molecule has 3 rings (SSSR count). The molecular weight excluding hydrogens is 382 g/mol. The second-order valence-electron chi connectivity index (χ2n) is 7.23. The summed E-state index contributed by atoms with van der Waals surface area (Å²) < 4.78 is 10.9. The minimum Gasteiger partial charge on any atom is -0.492 e. The molecule has 7 nitrogen and oxygen atoms in total. The summed E-state index contributed by atoms with van der Waals surface area (Å²) in [5, 5.41) is 3.49. The number of amides is 2. The largest absolute Gasteiger partial charge is 0.492 e. The van der Waals surface area contributed by atoms with Gasteiger partial charge in [0.1, 0.15) is 12.4 Å². The van der Waals surface area contributed by atoms with Crippen LogP contribution in [0.5, 0.6) is 5.75 Å². The Morgan fingerprint density at radius 3 is 2.50 bits per heavy atom. The quantitative estimate of drug-likeness (QED) is 0.651. The number of nitrogens with two attached hydrogens (primary N) is 1. The molecule has 0 spiro atoms. The molecule has 1 fully saturated rings. The molecule has 2 amide bonds. The molecule has 0 saturated carbocycles. The number of carbonyl (C=O) groups is 2. The van der Waals surface area contributed by atoms with Gasteiger partial charge in [0.25, 0.3) is 0 Å². The maximum Gasteiger partial charge on any atom is 0.409 e. The summed E-state index contributed by atoms with van der Waals surface area (Å²) >= 11 is 0. The van der Waals surface area contributed by atoms with Gasteiger partial charge >= 0.3 is 6.09 Å². The van der Waals surface area contributed by atoms with Gasteiger partial charge in [-0.3, -0.25) is 4.79 Å². The van der Waals surface area contributed by atoms with E-state index < -0.39 is 5.91 Å². The van der Waals surface area contributed by atoms with Crippen molar-refractivity contribution >= 4 is 12.0 Å². The molecule has 0 atom stereocenters. The fraction of sp³-hybridized carbons (Fsp3) is 0.391. The summed E-state index contributed by atoms with van der Waals surface area (Å²) in [6, 6.07) is 15.4. The Hall–Kier alpha value is -3.06. The van der Waals surface area contributed by atoms with Crippen LogP contribution in [0.25, 0.3) is 11.1 Å². The van der Waals surface area contributed by atoms with Crippen molar-refractivity contribution in [3.8, 4) is 16.9 Å². The van der Waals surface area contributed by atoms with E-state index in [4.69, 9.17) is 15.2 Å². The van der Waals surface area contributed by atoms with E-state index in [1.54, 1.807) is 17.0 Å². The van der Waals surface area contributed by atoms with Crippen LogP contribution < -0.4 is 15.8 Å². The highest BCUT2D eigenvalue weighted by molar-refractivity contribution is 5.94. The summed E-state index contributed by atoms with van der Waals surface area (Å²) in [6.45, 7) is 4.98. The number of carbonyl (C=O) groups excluding carboxylic acids is 2. The number of nitrogens with one attached hydrogen (secondary N) is 1. The van der Waals surface area contributed by atoms with Crippen molar-refractivity contribution in [1.82, 2.24) is 10.2 Å². The van der Waals surface area contributed by atoms with Crippen molar-refractivity contribution in [2.75, 3.05) is 32.8 Å². The number of rotatable bonds is 8. The molecular formula is C23H29N3O4. The van der Waals surface area contributed by atoms with Crippen LogP contribution in [0.4, 0.5) is 4.79 Å². The lowest BCUT2D eigenvalue weighted by Crippen LogP contribution is -2.45. The maximum absolute atomic E-state index is 11.7. The smallest absolute Gasteiger partial charge is 0.409 e. The van der Waals surface area contributed by atoms with Gasteiger partial charge in [0, 0.05) is 31.2 Å². The Bertz CT molecular complexity index is 846. The van der Waals surface area contributed by atoms with Crippen LogP contribution in [0.1, 0.15) is 30.1 Å². The fourth-order valence-corrected chi connectivity index (χ4v) is 3.51. The summed E-state index contributed by atoms with van der Waals surface area (Å²) in [6.07, 6.45) is 1.61. The monoisotopic (exact) mass is 411 g/mol. The highest BCUT2D eigenvalue weighted by Gasteiger charge is 2.22. The van der Waals surface area contributed by atoms with Crippen LogP contribution in [0, 0.1) is 0 Å². The van der Waals surface area contributed by atoms with E-state index >= 15 is 0 Å². The molecule has 1 aliphatic rings. The molecule has 7 heteroatoms. The van der Waals surface area contributed by atoms with E-state index in [-0.39, 0.29) is 6.09 Å². The van der Waals surface area contributed by atoms with Crippen molar-refractivity contribution in [2.24, 2.45) is 5.73 Å². The van der Waals surface area contributed by atoms with Crippen LogP contribution >= 0.6 is 0 Å². The molecule has 1 heterocycles. The Labute approximate surface area is 177 Å². The van der Waals surface area contributed by atoms with E-state index in [2.05, 4.69) is 5.32 Å². The van der Waals surface area contributed by atoms with Gasteiger partial charge in [-0.2, -0.15) is 0 Å². The van der Waals surface area contributed by atoms with Gasteiger partial charge in [-0.1, -0.05) is 24.3 Å². The molecule has 1 aliphatic heterocycles. The number of primary amides is 1. The summed E-state index contributed by atoms with van der Waals surface area (Å²) in [4.78, 5) is 24.8. The normalized spacial score (nSPS) is 14.4. The first kappa shape index (κ1) is 21.6. The van der Waals surface area contributed by atoms with Crippen LogP contribution in [0.3, 0.4) is 0 Å². The van der Waals surface area contributed by atoms with Gasteiger partial charge in [0.15, 0.2) is 0 Å². The summed E-state index contributed by atoms with van der Waals surface area (Å²) in [5.74, 6) is 0.361. The number of nitrogens with zero attached hydrogens (tertiary/aromatic N) is 1. The minimum atomic E-state index is -0.434.